The zero-order valence-electron chi connectivity index (χ0n) is 18.7. The van der Waals surface area contributed by atoms with Crippen LogP contribution in [0, 0.1) is 0 Å². The molecule has 1 atom stereocenters. The van der Waals surface area contributed by atoms with Gasteiger partial charge in [-0.15, -0.1) is 5.10 Å². The molecule has 10 heteroatoms. The van der Waals surface area contributed by atoms with Gasteiger partial charge in [0.15, 0.2) is 28.7 Å². The van der Waals surface area contributed by atoms with Gasteiger partial charge >= 0.3 is 5.63 Å². The summed E-state index contributed by atoms with van der Waals surface area (Å²) in [6, 6.07) is 15.6. The van der Waals surface area contributed by atoms with Crippen LogP contribution >= 0.6 is 0 Å². The lowest BCUT2D eigenvalue weighted by atomic mass is 9.88. The number of benzene rings is 2. The van der Waals surface area contributed by atoms with Gasteiger partial charge in [0.2, 0.25) is 5.88 Å². The van der Waals surface area contributed by atoms with Gasteiger partial charge in [0.25, 0.3) is 0 Å². The molecule has 5 heterocycles. The first kappa shape index (κ1) is 20.3. The van der Waals surface area contributed by atoms with Gasteiger partial charge in [-0.1, -0.05) is 12.1 Å². The first-order chi connectivity index (χ1) is 17.6. The first-order valence-corrected chi connectivity index (χ1v) is 11.0. The van der Waals surface area contributed by atoms with Gasteiger partial charge < -0.3 is 23.4 Å². The maximum absolute atomic E-state index is 13.3. The van der Waals surface area contributed by atoms with Crippen LogP contribution in [0.25, 0.3) is 28.0 Å². The Morgan fingerprint density at radius 1 is 1.08 bits per heavy atom. The summed E-state index contributed by atoms with van der Waals surface area (Å²) in [7, 11) is 1.47. The Labute approximate surface area is 202 Å². The molecule has 36 heavy (non-hydrogen) atoms. The molecule has 7 rings (SSSR count). The molecule has 176 valence electrons. The number of rotatable bonds is 3. The standard InChI is InChI=1S/C26H16N4O6/c1-33-17-9-8-13(11-15(17)31)23-28-24-21-19(18-7-4-10-34-18)20-22(36-25(21)27-12-30(24)29-23)14-5-2-3-6-16(14)35-26(20)32/h2-12,19,31H,1H3. The number of hydrogen-bond donors (Lipinski definition) is 1. The molecule has 4 aromatic heterocycles. The van der Waals surface area contributed by atoms with Gasteiger partial charge in [0.05, 0.1) is 35.8 Å². The monoisotopic (exact) mass is 480 g/mol. The molecule has 0 spiro atoms. The number of para-hydroxylation sites is 1. The van der Waals surface area contributed by atoms with E-state index in [9.17, 15) is 9.90 Å². The van der Waals surface area contributed by atoms with Gasteiger partial charge in [-0.05, 0) is 42.5 Å². The first-order valence-electron chi connectivity index (χ1n) is 11.0. The summed E-state index contributed by atoms with van der Waals surface area (Å²) in [5.74, 6) is 1.10. The summed E-state index contributed by atoms with van der Waals surface area (Å²) in [6.07, 6.45) is 3.03. The van der Waals surface area contributed by atoms with Crippen molar-refractivity contribution in [3.8, 4) is 34.5 Å². The lowest BCUT2D eigenvalue weighted by Crippen LogP contribution is -2.22. The molecule has 0 amide bonds. The van der Waals surface area contributed by atoms with Crippen molar-refractivity contribution in [1.29, 1.82) is 0 Å². The van der Waals surface area contributed by atoms with Crippen molar-refractivity contribution in [3.63, 3.8) is 0 Å². The van der Waals surface area contributed by atoms with E-state index in [2.05, 4.69) is 10.1 Å². The number of methoxy groups -OCH3 is 1. The van der Waals surface area contributed by atoms with Gasteiger partial charge in [-0.3, -0.25) is 0 Å². The molecule has 0 fully saturated rings. The zero-order chi connectivity index (χ0) is 24.4. The van der Waals surface area contributed by atoms with Crippen molar-refractivity contribution in [3.05, 3.63) is 94.5 Å². The topological polar surface area (TPSA) is 125 Å². The van der Waals surface area contributed by atoms with Crippen molar-refractivity contribution >= 4 is 16.6 Å². The van der Waals surface area contributed by atoms with Crippen molar-refractivity contribution in [2.24, 2.45) is 0 Å². The molecular formula is C26H16N4O6. The Hall–Kier alpha value is -5.12. The van der Waals surface area contributed by atoms with Crippen LogP contribution < -0.4 is 15.1 Å². The lowest BCUT2D eigenvalue weighted by molar-refractivity contribution is 0.373. The largest absolute Gasteiger partial charge is 0.504 e. The number of fused-ring (bicyclic) bond motifs is 6. The molecule has 1 aliphatic heterocycles. The van der Waals surface area contributed by atoms with Gasteiger partial charge in [-0.25, -0.2) is 19.3 Å². The smallest absolute Gasteiger partial charge is 0.344 e. The number of phenolic OH excluding ortho intramolecular Hbond substituents is 1. The number of ether oxygens (including phenoxy) is 2. The van der Waals surface area contributed by atoms with Crippen molar-refractivity contribution < 1.29 is 23.4 Å². The van der Waals surface area contributed by atoms with E-state index in [0.29, 0.717) is 50.8 Å². The van der Waals surface area contributed by atoms with Crippen molar-refractivity contribution in [1.82, 2.24) is 19.6 Å². The molecule has 6 aromatic rings. The van der Waals surface area contributed by atoms with E-state index in [0.717, 1.165) is 0 Å². The molecule has 10 nitrogen and oxygen atoms in total. The molecule has 1 unspecified atom stereocenters. The number of aromatic hydroxyl groups is 1. The predicted molar refractivity (Wildman–Crippen MR) is 127 cm³/mol. The fourth-order valence-electron chi connectivity index (χ4n) is 4.62. The maximum Gasteiger partial charge on any atom is 0.344 e. The minimum Gasteiger partial charge on any atom is -0.504 e. The van der Waals surface area contributed by atoms with Gasteiger partial charge in [0, 0.05) is 5.56 Å². The average Bonchev–Trinajstić information content (AvgIpc) is 3.58. The summed E-state index contributed by atoms with van der Waals surface area (Å²) in [6.45, 7) is 0. The van der Waals surface area contributed by atoms with E-state index < -0.39 is 11.5 Å². The van der Waals surface area contributed by atoms with Crippen LogP contribution in [-0.2, 0) is 0 Å². The molecule has 0 saturated carbocycles. The van der Waals surface area contributed by atoms with Crippen LogP contribution in [0.5, 0.6) is 23.1 Å². The number of phenols is 1. The van der Waals surface area contributed by atoms with E-state index in [4.69, 9.17) is 23.3 Å². The van der Waals surface area contributed by atoms with Crippen molar-refractivity contribution in [2.75, 3.05) is 7.11 Å². The number of furan rings is 1. The summed E-state index contributed by atoms with van der Waals surface area (Å²) < 4.78 is 24.3. The van der Waals surface area contributed by atoms with E-state index in [-0.39, 0.29) is 17.2 Å². The maximum atomic E-state index is 13.3. The number of hydrogen-bond acceptors (Lipinski definition) is 9. The molecule has 0 bridgehead atoms. The summed E-state index contributed by atoms with van der Waals surface area (Å²) in [5.41, 5.74) is 1.66. The highest BCUT2D eigenvalue weighted by Gasteiger charge is 2.39. The Morgan fingerprint density at radius 3 is 2.78 bits per heavy atom. The Morgan fingerprint density at radius 2 is 1.97 bits per heavy atom. The predicted octanol–water partition coefficient (Wildman–Crippen LogP) is 4.49. The minimum absolute atomic E-state index is 0.0378. The fraction of sp³-hybridized carbons (Fsp3) is 0.0769. The Balaban J connectivity index is 1.50. The van der Waals surface area contributed by atoms with Crippen LogP contribution in [0.2, 0.25) is 0 Å². The third-order valence-corrected chi connectivity index (χ3v) is 6.23. The summed E-state index contributed by atoms with van der Waals surface area (Å²) in [5, 5.41) is 15.4. The summed E-state index contributed by atoms with van der Waals surface area (Å²) >= 11 is 0. The quantitative estimate of drug-likeness (QED) is 0.364. The van der Waals surface area contributed by atoms with Gasteiger partial charge in [-0.2, -0.15) is 0 Å². The highest BCUT2D eigenvalue weighted by atomic mass is 16.5. The SMILES string of the molecule is COc1ccc(-c2nc3c4c(ncn3n2)Oc2c(c(=O)oc3ccccc23)C4c2ccco2)cc1O. The molecule has 0 saturated heterocycles. The van der Waals surface area contributed by atoms with Crippen LogP contribution in [0.15, 0.2) is 80.8 Å². The van der Waals surface area contributed by atoms with E-state index >= 15 is 0 Å². The molecule has 0 aliphatic carbocycles. The third-order valence-electron chi connectivity index (χ3n) is 6.23. The highest BCUT2D eigenvalue weighted by Crippen LogP contribution is 2.48. The fourth-order valence-corrected chi connectivity index (χ4v) is 4.62. The minimum atomic E-state index is -0.697. The number of aromatic nitrogens is 4. The number of nitrogens with zero attached hydrogens (tertiary/aromatic N) is 4. The van der Waals surface area contributed by atoms with Crippen LogP contribution in [0.4, 0.5) is 0 Å². The zero-order valence-corrected chi connectivity index (χ0v) is 18.7. The molecule has 1 N–H and O–H groups in total. The third kappa shape index (κ3) is 2.84. The Kier molecular flexibility index (Phi) is 4.19. The van der Waals surface area contributed by atoms with Crippen molar-refractivity contribution in [2.45, 2.75) is 5.92 Å². The second-order valence-electron chi connectivity index (χ2n) is 8.23. The average molecular weight is 480 g/mol. The second-order valence-corrected chi connectivity index (χ2v) is 8.23. The van der Waals surface area contributed by atoms with Crippen LogP contribution in [-0.4, -0.2) is 31.8 Å². The second kappa shape index (κ2) is 7.44. The van der Waals surface area contributed by atoms with Crippen LogP contribution in [0.3, 0.4) is 0 Å². The van der Waals surface area contributed by atoms with E-state index in [1.807, 2.05) is 12.1 Å². The Bertz CT molecular complexity index is 1850. The molecule has 1 aliphatic rings. The van der Waals surface area contributed by atoms with Crippen LogP contribution in [0.1, 0.15) is 22.8 Å². The summed E-state index contributed by atoms with van der Waals surface area (Å²) in [4.78, 5) is 22.5. The molecule has 2 aromatic carbocycles. The van der Waals surface area contributed by atoms with E-state index in [1.54, 1.807) is 36.4 Å². The van der Waals surface area contributed by atoms with E-state index in [1.165, 1.54) is 30.3 Å². The lowest BCUT2D eigenvalue weighted by Gasteiger charge is -2.25. The molecular weight excluding hydrogens is 464 g/mol. The normalized spacial score (nSPS) is 14.4. The van der Waals surface area contributed by atoms with Gasteiger partial charge in [0.1, 0.15) is 17.7 Å². The highest BCUT2D eigenvalue weighted by molar-refractivity contribution is 5.86. The molecule has 0 radical (unpaired) electrons.